The number of nitrogens with one attached hydrogen (secondary N) is 1. The van der Waals surface area contributed by atoms with E-state index in [9.17, 15) is 9.59 Å². The Morgan fingerprint density at radius 1 is 1.00 bits per heavy atom. The number of hydrogen-bond donors (Lipinski definition) is 1. The number of ether oxygens (including phenoxy) is 2. The molecule has 1 amide bonds. The molecule has 0 saturated heterocycles. The molecule has 2 aromatic carbocycles. The number of aryl methyl sites for hydroxylation is 1. The minimum absolute atomic E-state index is 0.444. The van der Waals surface area contributed by atoms with Crippen LogP contribution in [0.5, 0.6) is 5.75 Å². The molecule has 0 radical (unpaired) electrons. The Bertz CT molecular complexity index is 952. The lowest BCUT2D eigenvalue weighted by Crippen LogP contribution is -2.26. The van der Waals surface area contributed by atoms with Crippen molar-refractivity contribution >= 4 is 28.9 Å². The van der Waals surface area contributed by atoms with Crippen LogP contribution in [0.2, 0.25) is 0 Å². The highest BCUT2D eigenvalue weighted by Crippen LogP contribution is 2.28. The molecule has 6 heteroatoms. The van der Waals surface area contributed by atoms with Gasteiger partial charge in [-0.2, -0.15) is 0 Å². The Hall–Kier alpha value is -3.12. The summed E-state index contributed by atoms with van der Waals surface area (Å²) in [4.78, 5) is 27.0. The minimum Gasteiger partial charge on any atom is -0.492 e. The second-order valence-electron chi connectivity index (χ2n) is 6.02. The monoisotopic (exact) mass is 395 g/mol. The zero-order valence-electron chi connectivity index (χ0n) is 15.7. The van der Waals surface area contributed by atoms with Gasteiger partial charge < -0.3 is 14.8 Å². The van der Waals surface area contributed by atoms with Crippen LogP contribution in [0.4, 0.5) is 5.69 Å². The molecule has 3 aromatic rings. The number of amides is 1. The Morgan fingerprint density at radius 3 is 2.39 bits per heavy atom. The second kappa shape index (κ2) is 9.19. The fraction of sp³-hybridized carbons (Fsp3) is 0.182. The summed E-state index contributed by atoms with van der Waals surface area (Å²) >= 11 is 1.33. The summed E-state index contributed by atoms with van der Waals surface area (Å²) in [6, 6.07) is 19.6. The van der Waals surface area contributed by atoms with Crippen molar-refractivity contribution in [1.29, 1.82) is 0 Å². The molecule has 0 bridgehead atoms. The van der Waals surface area contributed by atoms with Crippen molar-refractivity contribution in [2.24, 2.45) is 0 Å². The van der Waals surface area contributed by atoms with E-state index in [1.807, 2.05) is 32.0 Å². The predicted molar refractivity (Wildman–Crippen MR) is 110 cm³/mol. The number of benzene rings is 2. The molecule has 144 valence electrons. The van der Waals surface area contributed by atoms with Crippen LogP contribution in [0.3, 0.4) is 0 Å². The number of hydrogen-bond acceptors (Lipinski definition) is 5. The molecule has 0 aliphatic carbocycles. The van der Waals surface area contributed by atoms with Crippen LogP contribution in [-0.2, 0) is 9.53 Å². The molecule has 28 heavy (non-hydrogen) atoms. The third kappa shape index (κ3) is 4.78. The minimum atomic E-state index is -1.08. The molecular weight excluding hydrogens is 374 g/mol. The Labute approximate surface area is 167 Å². The van der Waals surface area contributed by atoms with E-state index in [1.54, 1.807) is 48.5 Å². The first-order valence-corrected chi connectivity index (χ1v) is 9.75. The van der Waals surface area contributed by atoms with Gasteiger partial charge in [0.25, 0.3) is 5.91 Å². The molecule has 1 heterocycles. The van der Waals surface area contributed by atoms with Crippen molar-refractivity contribution < 1.29 is 19.1 Å². The van der Waals surface area contributed by atoms with Gasteiger partial charge >= 0.3 is 5.97 Å². The van der Waals surface area contributed by atoms with E-state index in [1.165, 1.54) is 11.3 Å². The van der Waals surface area contributed by atoms with Gasteiger partial charge in [0, 0.05) is 10.4 Å². The molecule has 1 aromatic heterocycles. The highest BCUT2D eigenvalue weighted by molar-refractivity contribution is 7.13. The third-order valence-electron chi connectivity index (χ3n) is 3.95. The van der Waals surface area contributed by atoms with Gasteiger partial charge in [-0.25, -0.2) is 4.79 Å². The number of anilines is 1. The normalized spacial score (nSPS) is 11.5. The van der Waals surface area contributed by atoms with Crippen molar-refractivity contribution in [2.75, 3.05) is 11.9 Å². The van der Waals surface area contributed by atoms with Crippen LogP contribution in [0.25, 0.3) is 0 Å². The van der Waals surface area contributed by atoms with Crippen molar-refractivity contribution in [3.8, 4) is 5.75 Å². The number of thiophene rings is 1. The number of carbonyl (C=O) groups excluding carboxylic acids is 2. The number of esters is 1. The summed E-state index contributed by atoms with van der Waals surface area (Å²) in [5.74, 6) is -0.412. The summed E-state index contributed by atoms with van der Waals surface area (Å²) < 4.78 is 11.1. The van der Waals surface area contributed by atoms with Crippen LogP contribution < -0.4 is 10.1 Å². The molecule has 1 atom stereocenters. The molecule has 3 rings (SSSR count). The van der Waals surface area contributed by atoms with Crippen LogP contribution in [0, 0.1) is 6.92 Å². The predicted octanol–water partition coefficient (Wildman–Crippen LogP) is 4.99. The van der Waals surface area contributed by atoms with E-state index in [0.29, 0.717) is 28.5 Å². The average Bonchev–Trinajstić information content (AvgIpc) is 3.15. The van der Waals surface area contributed by atoms with E-state index < -0.39 is 18.0 Å². The van der Waals surface area contributed by atoms with E-state index in [-0.39, 0.29) is 0 Å². The van der Waals surface area contributed by atoms with Crippen molar-refractivity contribution in [3.05, 3.63) is 82.0 Å². The number of rotatable bonds is 7. The van der Waals surface area contributed by atoms with E-state index in [4.69, 9.17) is 9.47 Å². The molecule has 0 aliphatic heterocycles. The Kier molecular flexibility index (Phi) is 6.45. The quantitative estimate of drug-likeness (QED) is 0.572. The number of para-hydroxylation sites is 2. The Morgan fingerprint density at radius 2 is 1.71 bits per heavy atom. The van der Waals surface area contributed by atoms with E-state index in [2.05, 4.69) is 5.32 Å². The van der Waals surface area contributed by atoms with Gasteiger partial charge in [-0.1, -0.05) is 42.5 Å². The van der Waals surface area contributed by atoms with Gasteiger partial charge in [0.2, 0.25) is 6.10 Å². The maximum atomic E-state index is 13.0. The molecule has 0 saturated carbocycles. The summed E-state index contributed by atoms with van der Waals surface area (Å²) in [6.07, 6.45) is -1.08. The van der Waals surface area contributed by atoms with Crippen LogP contribution in [-0.4, -0.2) is 18.5 Å². The lowest BCUT2D eigenvalue weighted by atomic mass is 10.1. The maximum absolute atomic E-state index is 13.0. The first-order chi connectivity index (χ1) is 13.6. The molecule has 0 aliphatic rings. The van der Waals surface area contributed by atoms with E-state index >= 15 is 0 Å². The van der Waals surface area contributed by atoms with Crippen LogP contribution in [0.15, 0.2) is 66.7 Å². The lowest BCUT2D eigenvalue weighted by molar-refractivity contribution is -0.125. The second-order valence-corrected chi connectivity index (χ2v) is 7.31. The average molecular weight is 395 g/mol. The summed E-state index contributed by atoms with van der Waals surface area (Å²) in [5.41, 5.74) is 1.12. The molecule has 0 fully saturated rings. The SMILES string of the molecule is CCOc1ccccc1NC(=O)C(OC(=O)c1ccc(C)s1)c1ccccc1. The van der Waals surface area contributed by atoms with Gasteiger partial charge in [0.15, 0.2) is 0 Å². The molecule has 0 spiro atoms. The molecule has 1 unspecified atom stereocenters. The Balaban J connectivity index is 1.85. The topological polar surface area (TPSA) is 64.6 Å². The first kappa shape index (κ1) is 19.6. The lowest BCUT2D eigenvalue weighted by Gasteiger charge is -2.19. The van der Waals surface area contributed by atoms with Crippen LogP contribution in [0.1, 0.15) is 33.1 Å². The summed E-state index contributed by atoms with van der Waals surface area (Å²) in [5, 5.41) is 2.82. The zero-order chi connectivity index (χ0) is 19.9. The van der Waals surface area contributed by atoms with Crippen molar-refractivity contribution in [3.63, 3.8) is 0 Å². The highest BCUT2D eigenvalue weighted by Gasteiger charge is 2.27. The molecular formula is C22H21NO4S. The summed E-state index contributed by atoms with van der Waals surface area (Å²) in [7, 11) is 0. The fourth-order valence-corrected chi connectivity index (χ4v) is 3.41. The fourth-order valence-electron chi connectivity index (χ4n) is 2.66. The first-order valence-electron chi connectivity index (χ1n) is 8.93. The highest BCUT2D eigenvalue weighted by atomic mass is 32.1. The maximum Gasteiger partial charge on any atom is 0.349 e. The van der Waals surface area contributed by atoms with Gasteiger partial charge in [-0.15, -0.1) is 11.3 Å². The number of carbonyl (C=O) groups is 2. The zero-order valence-corrected chi connectivity index (χ0v) is 16.5. The van der Waals surface area contributed by atoms with Crippen molar-refractivity contribution in [1.82, 2.24) is 0 Å². The van der Waals surface area contributed by atoms with Crippen LogP contribution >= 0.6 is 11.3 Å². The van der Waals surface area contributed by atoms with Gasteiger partial charge in [0.05, 0.1) is 12.3 Å². The van der Waals surface area contributed by atoms with E-state index in [0.717, 1.165) is 4.88 Å². The largest absolute Gasteiger partial charge is 0.492 e. The summed E-state index contributed by atoms with van der Waals surface area (Å²) in [6.45, 7) is 4.26. The standard InChI is InChI=1S/C22H21NO4S/c1-3-26-18-12-8-7-11-17(18)23-21(24)20(16-9-5-4-6-10-16)27-22(25)19-14-13-15(2)28-19/h4-14,20H,3H2,1-2H3,(H,23,24). The molecule has 1 N–H and O–H groups in total. The third-order valence-corrected chi connectivity index (χ3v) is 4.93. The van der Waals surface area contributed by atoms with Gasteiger partial charge in [-0.05, 0) is 38.1 Å². The van der Waals surface area contributed by atoms with Gasteiger partial charge in [0.1, 0.15) is 10.6 Å². The van der Waals surface area contributed by atoms with Crippen molar-refractivity contribution in [2.45, 2.75) is 20.0 Å². The smallest absolute Gasteiger partial charge is 0.349 e. The van der Waals surface area contributed by atoms with Gasteiger partial charge in [-0.3, -0.25) is 4.79 Å². The molecule has 5 nitrogen and oxygen atoms in total.